The molecule has 0 unspecified atom stereocenters. The fourth-order valence-electron chi connectivity index (χ4n) is 1.81. The summed E-state index contributed by atoms with van der Waals surface area (Å²) in [5, 5.41) is 18.9. The van der Waals surface area contributed by atoms with Gasteiger partial charge in [0.2, 0.25) is 0 Å². The molecule has 7 nitrogen and oxygen atoms in total. The summed E-state index contributed by atoms with van der Waals surface area (Å²) in [4.78, 5) is 23.2. The first-order chi connectivity index (χ1) is 11.1. The number of anilines is 1. The van der Waals surface area contributed by atoms with Crippen LogP contribution in [0.5, 0.6) is 11.5 Å². The average Bonchev–Trinajstić information content (AvgIpc) is 2.72. The molecule has 23 heavy (non-hydrogen) atoms. The molecule has 3 N–H and O–H groups in total. The van der Waals surface area contributed by atoms with Crippen LogP contribution in [0.3, 0.4) is 0 Å². The van der Waals surface area contributed by atoms with Crippen molar-refractivity contribution in [3.8, 4) is 11.5 Å². The van der Waals surface area contributed by atoms with E-state index in [9.17, 15) is 9.59 Å². The van der Waals surface area contributed by atoms with Gasteiger partial charge >= 0.3 is 11.9 Å². The number of hydrogen-bond donors (Lipinski definition) is 3. The van der Waals surface area contributed by atoms with Crippen molar-refractivity contribution in [3.63, 3.8) is 0 Å². The number of ether oxygens (including phenoxy) is 1. The Morgan fingerprint density at radius 1 is 1.09 bits per heavy atom. The summed E-state index contributed by atoms with van der Waals surface area (Å²) in [5.74, 6) is -0.834. The summed E-state index contributed by atoms with van der Waals surface area (Å²) in [6, 6.07) is 9.93. The lowest BCUT2D eigenvalue weighted by atomic mass is 10.2. The Balaban J connectivity index is 0.000000207. The second kappa shape index (κ2) is 7.60. The molecule has 0 saturated heterocycles. The molecule has 3 rings (SSSR count). The molecular formula is C16H14N2O5. The normalized spacial score (nSPS) is 11.7. The van der Waals surface area contributed by atoms with Crippen molar-refractivity contribution in [2.24, 2.45) is 0 Å². The molecule has 0 bridgehead atoms. The van der Waals surface area contributed by atoms with Crippen LogP contribution in [0, 0.1) is 0 Å². The van der Waals surface area contributed by atoms with Crippen molar-refractivity contribution in [2.45, 2.75) is 6.54 Å². The minimum atomic E-state index is -1.26. The van der Waals surface area contributed by atoms with Crippen molar-refractivity contribution >= 4 is 17.6 Å². The molecule has 0 amide bonds. The Hall–Kier alpha value is -3.35. The Morgan fingerprint density at radius 3 is 2.48 bits per heavy atom. The number of nitrogens with zero attached hydrogens (tertiary/aromatic N) is 1. The number of carboxylic acid groups (broad SMARTS) is 2. The lowest BCUT2D eigenvalue weighted by Gasteiger charge is -2.06. The molecule has 1 aliphatic heterocycles. The van der Waals surface area contributed by atoms with Crippen LogP contribution in [-0.4, -0.2) is 27.1 Å². The second-order valence-corrected chi connectivity index (χ2v) is 4.44. The number of para-hydroxylation sites is 1. The number of nitrogens with one attached hydrogen (secondary N) is 1. The number of hydrogen-bond acceptors (Lipinski definition) is 5. The molecule has 7 heteroatoms. The number of carboxylic acids is 2. The summed E-state index contributed by atoms with van der Waals surface area (Å²) in [6.45, 7) is 0.785. The highest BCUT2D eigenvalue weighted by molar-refractivity contribution is 5.89. The molecule has 0 fully saturated rings. The first-order valence-electron chi connectivity index (χ1n) is 6.64. The van der Waals surface area contributed by atoms with Crippen LogP contribution in [0.2, 0.25) is 0 Å². The lowest BCUT2D eigenvalue weighted by molar-refractivity contribution is -0.134. The smallest absolute Gasteiger partial charge is 0.328 e. The highest BCUT2D eigenvalue weighted by atomic mass is 16.5. The topological polar surface area (TPSA) is 109 Å². The number of carbonyl (C=O) groups is 2. The van der Waals surface area contributed by atoms with Crippen LogP contribution in [-0.2, 0) is 16.1 Å². The molecule has 0 aliphatic carbocycles. The van der Waals surface area contributed by atoms with Crippen LogP contribution in [0.1, 0.15) is 5.56 Å². The number of benzene rings is 1. The first kappa shape index (κ1) is 16.0. The first-order valence-corrected chi connectivity index (χ1v) is 6.64. The molecule has 1 aromatic carbocycles. The molecule has 0 spiro atoms. The largest absolute Gasteiger partial charge is 0.478 e. The van der Waals surface area contributed by atoms with Gasteiger partial charge in [0, 0.05) is 30.5 Å². The highest BCUT2D eigenvalue weighted by Crippen LogP contribution is 2.34. The predicted octanol–water partition coefficient (Wildman–Crippen LogP) is 2.51. The van der Waals surface area contributed by atoms with E-state index in [0.717, 1.165) is 29.3 Å². The maximum Gasteiger partial charge on any atom is 0.328 e. The van der Waals surface area contributed by atoms with Gasteiger partial charge in [-0.3, -0.25) is 4.98 Å². The fraction of sp³-hybridized carbons (Fsp3) is 0.0625. The standard InChI is InChI=1S/C12H10N2O.C4H4O4/c1-2-4-11-9(3-1)7-14-10-5-6-13-8-12(10)15-11;5-3(6)1-2-4(7)8/h1-6,8,14H,7H2;1-2H,(H,5,6)(H,7,8). The van der Waals surface area contributed by atoms with Gasteiger partial charge < -0.3 is 20.3 Å². The quantitative estimate of drug-likeness (QED) is 0.731. The van der Waals surface area contributed by atoms with Crippen LogP contribution in [0.15, 0.2) is 54.9 Å². The van der Waals surface area contributed by atoms with Crippen LogP contribution in [0.4, 0.5) is 5.69 Å². The predicted molar refractivity (Wildman–Crippen MR) is 82.5 cm³/mol. The number of aromatic nitrogens is 1. The van der Waals surface area contributed by atoms with Crippen molar-refractivity contribution in [1.82, 2.24) is 4.98 Å². The van der Waals surface area contributed by atoms with E-state index in [1.165, 1.54) is 0 Å². The number of pyridine rings is 1. The van der Waals surface area contributed by atoms with Crippen molar-refractivity contribution in [3.05, 3.63) is 60.4 Å². The Morgan fingerprint density at radius 2 is 1.78 bits per heavy atom. The molecule has 0 radical (unpaired) electrons. The van der Waals surface area contributed by atoms with Gasteiger partial charge in [-0.05, 0) is 12.1 Å². The van der Waals surface area contributed by atoms with Gasteiger partial charge in [-0.25, -0.2) is 9.59 Å². The van der Waals surface area contributed by atoms with Gasteiger partial charge in [0.1, 0.15) is 5.75 Å². The van der Waals surface area contributed by atoms with E-state index >= 15 is 0 Å². The third kappa shape index (κ3) is 4.85. The van der Waals surface area contributed by atoms with Crippen molar-refractivity contribution < 1.29 is 24.5 Å². The third-order valence-electron chi connectivity index (χ3n) is 2.81. The van der Waals surface area contributed by atoms with Gasteiger partial charge in [0.25, 0.3) is 0 Å². The van der Waals surface area contributed by atoms with Gasteiger partial charge in [0.15, 0.2) is 5.75 Å². The maximum atomic E-state index is 9.55. The van der Waals surface area contributed by atoms with Crippen LogP contribution >= 0.6 is 0 Å². The third-order valence-corrected chi connectivity index (χ3v) is 2.81. The van der Waals surface area contributed by atoms with Gasteiger partial charge in [-0.1, -0.05) is 18.2 Å². The summed E-state index contributed by atoms with van der Waals surface area (Å²) >= 11 is 0. The second-order valence-electron chi connectivity index (χ2n) is 4.44. The number of rotatable bonds is 2. The van der Waals surface area contributed by atoms with Crippen LogP contribution in [0.25, 0.3) is 0 Å². The SMILES string of the molecule is O=C(O)C=CC(=O)O.c1ccc2c(c1)CNc1ccncc1O2. The zero-order valence-corrected chi connectivity index (χ0v) is 12.0. The fourth-order valence-corrected chi connectivity index (χ4v) is 1.81. The van der Waals surface area contributed by atoms with Crippen LogP contribution < -0.4 is 10.1 Å². The highest BCUT2D eigenvalue weighted by Gasteiger charge is 2.12. The zero-order valence-electron chi connectivity index (χ0n) is 12.0. The molecule has 118 valence electrons. The molecule has 0 atom stereocenters. The molecule has 0 saturated carbocycles. The maximum absolute atomic E-state index is 9.55. The van der Waals surface area contributed by atoms with E-state index < -0.39 is 11.9 Å². The van der Waals surface area contributed by atoms with Crippen molar-refractivity contribution in [1.29, 1.82) is 0 Å². The molecule has 2 aromatic rings. The molecule has 2 heterocycles. The molecule has 1 aromatic heterocycles. The zero-order chi connectivity index (χ0) is 16.7. The van der Waals surface area contributed by atoms with E-state index in [4.69, 9.17) is 14.9 Å². The van der Waals surface area contributed by atoms with E-state index in [1.54, 1.807) is 12.4 Å². The number of aliphatic carboxylic acids is 2. The summed E-state index contributed by atoms with van der Waals surface area (Å²) in [5.41, 5.74) is 2.15. The summed E-state index contributed by atoms with van der Waals surface area (Å²) in [6.07, 6.45) is 4.60. The monoisotopic (exact) mass is 314 g/mol. The Bertz CT molecular complexity index is 681. The Kier molecular flexibility index (Phi) is 5.30. The average molecular weight is 314 g/mol. The minimum absolute atomic E-state index is 0.558. The van der Waals surface area contributed by atoms with E-state index in [2.05, 4.69) is 16.4 Å². The van der Waals surface area contributed by atoms with Crippen molar-refractivity contribution in [2.75, 3.05) is 5.32 Å². The van der Waals surface area contributed by atoms with E-state index in [0.29, 0.717) is 12.2 Å². The Labute approximate surface area is 131 Å². The van der Waals surface area contributed by atoms with Gasteiger partial charge in [-0.2, -0.15) is 0 Å². The minimum Gasteiger partial charge on any atom is -0.478 e. The van der Waals surface area contributed by atoms with E-state index in [1.807, 2.05) is 24.3 Å². The lowest BCUT2D eigenvalue weighted by Crippen LogP contribution is -1.96. The molecule has 1 aliphatic rings. The molecular weight excluding hydrogens is 300 g/mol. The van der Waals surface area contributed by atoms with E-state index in [-0.39, 0.29) is 0 Å². The number of fused-ring (bicyclic) bond motifs is 2. The van der Waals surface area contributed by atoms with Gasteiger partial charge in [0.05, 0.1) is 11.9 Å². The van der Waals surface area contributed by atoms with Gasteiger partial charge in [-0.15, -0.1) is 0 Å². The summed E-state index contributed by atoms with van der Waals surface area (Å²) < 4.78 is 5.78. The summed E-state index contributed by atoms with van der Waals surface area (Å²) in [7, 11) is 0.